The second-order valence-corrected chi connectivity index (χ2v) is 8.42. The highest BCUT2D eigenvalue weighted by atomic mass is 35.5. The zero-order valence-electron chi connectivity index (χ0n) is 18.2. The van der Waals surface area contributed by atoms with Crippen LogP contribution in [0, 0.1) is 6.92 Å². The predicted molar refractivity (Wildman–Crippen MR) is 129 cm³/mol. The summed E-state index contributed by atoms with van der Waals surface area (Å²) in [6, 6.07) is 17.0. The lowest BCUT2D eigenvalue weighted by molar-refractivity contribution is 0.243. The first-order chi connectivity index (χ1) is 15.5. The highest BCUT2D eigenvalue weighted by Crippen LogP contribution is 2.32. The molecule has 2 aromatic carbocycles. The van der Waals surface area contributed by atoms with E-state index in [-0.39, 0.29) is 18.0 Å². The molecule has 0 radical (unpaired) electrons. The van der Waals surface area contributed by atoms with Crippen molar-refractivity contribution >= 4 is 29.0 Å². The third kappa shape index (κ3) is 5.14. The van der Waals surface area contributed by atoms with Crippen molar-refractivity contribution in [1.82, 2.24) is 10.3 Å². The molecule has 1 aliphatic rings. The number of halogens is 1. The molecule has 7 heteroatoms. The largest absolute Gasteiger partial charge is 0.497 e. The molecule has 1 aromatic heterocycles. The molecule has 1 saturated heterocycles. The number of nitrogens with zero attached hydrogens (tertiary/aromatic N) is 2. The van der Waals surface area contributed by atoms with Crippen LogP contribution in [-0.2, 0) is 0 Å². The Morgan fingerprint density at radius 1 is 1.12 bits per heavy atom. The highest BCUT2D eigenvalue weighted by molar-refractivity contribution is 6.30. The van der Waals surface area contributed by atoms with E-state index in [2.05, 4.69) is 45.6 Å². The Labute approximate surface area is 193 Å². The van der Waals surface area contributed by atoms with Crippen LogP contribution < -0.4 is 20.3 Å². The maximum atomic E-state index is 12.8. The molecule has 0 saturated carbocycles. The van der Waals surface area contributed by atoms with Crippen molar-refractivity contribution in [2.24, 2.45) is 0 Å². The Morgan fingerprint density at radius 3 is 2.56 bits per heavy atom. The SMILES string of the molecule is COc1ccc([C@@H]2CN(c3ccncc3C)CC[C@H]2NC(=O)Nc2ccc(Cl)cc2)cc1. The summed E-state index contributed by atoms with van der Waals surface area (Å²) in [4.78, 5) is 19.3. The maximum Gasteiger partial charge on any atom is 0.319 e. The summed E-state index contributed by atoms with van der Waals surface area (Å²) >= 11 is 5.94. The first kappa shape index (κ1) is 22.0. The van der Waals surface area contributed by atoms with Gasteiger partial charge in [-0.1, -0.05) is 23.7 Å². The summed E-state index contributed by atoms with van der Waals surface area (Å²) in [6.07, 6.45) is 4.54. The Balaban J connectivity index is 1.53. The number of ether oxygens (including phenoxy) is 1. The Kier molecular flexibility index (Phi) is 6.81. The molecule has 6 nitrogen and oxygen atoms in total. The normalized spacial score (nSPS) is 18.2. The van der Waals surface area contributed by atoms with Gasteiger partial charge in [0.2, 0.25) is 0 Å². The number of pyridine rings is 1. The van der Waals surface area contributed by atoms with Gasteiger partial charge in [-0.25, -0.2) is 4.79 Å². The van der Waals surface area contributed by atoms with Crippen LogP contribution >= 0.6 is 11.6 Å². The van der Waals surface area contributed by atoms with Gasteiger partial charge >= 0.3 is 6.03 Å². The summed E-state index contributed by atoms with van der Waals surface area (Å²) in [6.45, 7) is 3.72. The van der Waals surface area contributed by atoms with E-state index >= 15 is 0 Å². The van der Waals surface area contributed by atoms with Crippen molar-refractivity contribution in [3.63, 3.8) is 0 Å². The molecule has 4 rings (SSSR count). The molecule has 0 unspecified atom stereocenters. The lowest BCUT2D eigenvalue weighted by Gasteiger charge is -2.41. The fraction of sp³-hybridized carbons (Fsp3) is 0.280. The van der Waals surface area contributed by atoms with Crippen molar-refractivity contribution in [3.8, 4) is 5.75 Å². The number of benzene rings is 2. The van der Waals surface area contributed by atoms with E-state index in [0.29, 0.717) is 10.7 Å². The molecular weight excluding hydrogens is 424 g/mol. The summed E-state index contributed by atoms with van der Waals surface area (Å²) in [5, 5.41) is 6.73. The third-order valence-corrected chi connectivity index (χ3v) is 6.16. The lowest BCUT2D eigenvalue weighted by atomic mass is 9.85. The summed E-state index contributed by atoms with van der Waals surface area (Å²) in [7, 11) is 1.66. The Morgan fingerprint density at radius 2 is 1.88 bits per heavy atom. The quantitative estimate of drug-likeness (QED) is 0.558. The number of carbonyl (C=O) groups is 1. The number of methoxy groups -OCH3 is 1. The average molecular weight is 451 g/mol. The van der Waals surface area contributed by atoms with Gasteiger partial charge in [-0.05, 0) is 66.9 Å². The number of nitrogens with one attached hydrogen (secondary N) is 2. The summed E-state index contributed by atoms with van der Waals surface area (Å²) < 4.78 is 5.32. The number of amides is 2. The van der Waals surface area contributed by atoms with E-state index < -0.39 is 0 Å². The van der Waals surface area contributed by atoms with E-state index in [1.54, 1.807) is 31.4 Å². The molecule has 0 aliphatic carbocycles. The minimum Gasteiger partial charge on any atom is -0.497 e. The van der Waals surface area contributed by atoms with Crippen LogP contribution in [-0.4, -0.2) is 37.3 Å². The number of rotatable bonds is 5. The van der Waals surface area contributed by atoms with Crippen molar-refractivity contribution in [2.75, 3.05) is 30.4 Å². The molecule has 0 bridgehead atoms. The number of urea groups is 1. The summed E-state index contributed by atoms with van der Waals surface area (Å²) in [5.41, 5.74) is 4.20. The number of anilines is 2. The van der Waals surface area contributed by atoms with Gasteiger partial charge in [0.25, 0.3) is 0 Å². The topological polar surface area (TPSA) is 66.5 Å². The molecule has 166 valence electrons. The van der Waals surface area contributed by atoms with E-state index in [0.717, 1.165) is 30.8 Å². The van der Waals surface area contributed by atoms with Crippen LogP contribution in [0.2, 0.25) is 5.02 Å². The molecule has 3 aromatic rings. The molecule has 1 aliphatic heterocycles. The summed E-state index contributed by atoms with van der Waals surface area (Å²) in [5.74, 6) is 0.939. The third-order valence-electron chi connectivity index (χ3n) is 5.91. The zero-order chi connectivity index (χ0) is 22.5. The van der Waals surface area contributed by atoms with E-state index in [1.807, 2.05) is 24.5 Å². The van der Waals surface area contributed by atoms with Crippen LogP contribution in [0.3, 0.4) is 0 Å². The monoisotopic (exact) mass is 450 g/mol. The smallest absolute Gasteiger partial charge is 0.319 e. The van der Waals surface area contributed by atoms with Gasteiger partial charge < -0.3 is 20.3 Å². The van der Waals surface area contributed by atoms with E-state index in [4.69, 9.17) is 16.3 Å². The van der Waals surface area contributed by atoms with Crippen molar-refractivity contribution in [3.05, 3.63) is 83.1 Å². The van der Waals surface area contributed by atoms with Crippen LogP contribution in [0.5, 0.6) is 5.75 Å². The predicted octanol–water partition coefficient (Wildman–Crippen LogP) is 5.24. The lowest BCUT2D eigenvalue weighted by Crippen LogP contribution is -2.51. The fourth-order valence-corrected chi connectivity index (χ4v) is 4.35. The molecule has 2 N–H and O–H groups in total. The first-order valence-electron chi connectivity index (χ1n) is 10.7. The van der Waals surface area contributed by atoms with E-state index in [1.165, 1.54) is 11.3 Å². The molecule has 2 heterocycles. The van der Waals surface area contributed by atoms with Gasteiger partial charge in [-0.3, -0.25) is 4.98 Å². The second kappa shape index (κ2) is 9.92. The maximum absolute atomic E-state index is 12.8. The van der Waals surface area contributed by atoms with Gasteiger partial charge in [0.1, 0.15) is 5.75 Å². The molecular formula is C25H27ClN4O2. The fourth-order valence-electron chi connectivity index (χ4n) is 4.22. The van der Waals surface area contributed by atoms with Gasteiger partial charge in [0.05, 0.1) is 7.11 Å². The minimum atomic E-state index is -0.218. The zero-order valence-corrected chi connectivity index (χ0v) is 19.0. The van der Waals surface area contributed by atoms with Gasteiger partial charge in [-0.2, -0.15) is 0 Å². The molecule has 32 heavy (non-hydrogen) atoms. The first-order valence-corrected chi connectivity index (χ1v) is 11.0. The highest BCUT2D eigenvalue weighted by Gasteiger charge is 2.32. The van der Waals surface area contributed by atoms with Crippen LogP contribution in [0.15, 0.2) is 67.0 Å². The molecule has 1 fully saturated rings. The number of piperidine rings is 1. The van der Waals surface area contributed by atoms with Crippen molar-refractivity contribution < 1.29 is 9.53 Å². The number of aromatic nitrogens is 1. The molecule has 0 spiro atoms. The van der Waals surface area contributed by atoms with Gasteiger partial charge in [0.15, 0.2) is 0 Å². The van der Waals surface area contributed by atoms with Crippen molar-refractivity contribution in [1.29, 1.82) is 0 Å². The van der Waals surface area contributed by atoms with Crippen molar-refractivity contribution in [2.45, 2.75) is 25.3 Å². The van der Waals surface area contributed by atoms with Gasteiger partial charge in [0, 0.05) is 53.8 Å². The second-order valence-electron chi connectivity index (χ2n) is 7.99. The minimum absolute atomic E-state index is 0.00547. The van der Waals surface area contributed by atoms with Crippen LogP contribution in [0.1, 0.15) is 23.5 Å². The Bertz CT molecular complexity index is 1060. The number of hydrogen-bond donors (Lipinski definition) is 2. The molecule has 2 amide bonds. The number of aryl methyl sites for hydroxylation is 1. The average Bonchev–Trinajstić information content (AvgIpc) is 2.81. The number of carbonyl (C=O) groups excluding carboxylic acids is 1. The Hall–Kier alpha value is -3.25. The van der Waals surface area contributed by atoms with Gasteiger partial charge in [-0.15, -0.1) is 0 Å². The standard InChI is InChI=1S/C25H27ClN4O2/c1-17-15-27-13-11-24(17)30-14-12-23(22(16-30)18-3-9-21(32-2)10-4-18)29-25(31)28-20-7-5-19(26)6-8-20/h3-11,13,15,22-23H,12,14,16H2,1-2H3,(H2,28,29,31)/t22-,23+/m0/s1. The number of hydrogen-bond acceptors (Lipinski definition) is 4. The van der Waals surface area contributed by atoms with E-state index in [9.17, 15) is 4.79 Å². The van der Waals surface area contributed by atoms with Crippen LogP contribution in [0.4, 0.5) is 16.2 Å². The molecule has 2 atom stereocenters. The van der Waals surface area contributed by atoms with Crippen LogP contribution in [0.25, 0.3) is 0 Å².